The minimum atomic E-state index is 0.554. The Kier molecular flexibility index (Phi) is 4.75. The number of hydrogen-bond donors (Lipinski definition) is 0. The molecule has 1 heterocycles. The molecule has 1 aromatic rings. The van der Waals surface area contributed by atoms with E-state index in [1.165, 1.54) is 12.8 Å². The molecule has 4 nitrogen and oxygen atoms in total. The highest BCUT2D eigenvalue weighted by molar-refractivity contribution is 5.78. The van der Waals surface area contributed by atoms with Gasteiger partial charge in [0.05, 0.1) is 11.3 Å². The van der Waals surface area contributed by atoms with Crippen LogP contribution in [0.5, 0.6) is 0 Å². The number of likely N-dealkylation sites (tertiary alicyclic amines) is 1. The summed E-state index contributed by atoms with van der Waals surface area (Å²) in [6.45, 7) is 3.25. The van der Waals surface area contributed by atoms with Crippen LogP contribution in [0.25, 0.3) is 0 Å². The van der Waals surface area contributed by atoms with Gasteiger partial charge in [0.15, 0.2) is 0 Å². The van der Waals surface area contributed by atoms with Gasteiger partial charge in [-0.25, -0.2) is 0 Å². The highest BCUT2D eigenvalue weighted by Crippen LogP contribution is 2.24. The lowest BCUT2D eigenvalue weighted by Crippen LogP contribution is -2.35. The molecule has 20 heavy (non-hydrogen) atoms. The maximum atomic E-state index is 10.8. The van der Waals surface area contributed by atoms with E-state index in [-0.39, 0.29) is 0 Å². The summed E-state index contributed by atoms with van der Waals surface area (Å²) in [5, 5.41) is 9.23. The fourth-order valence-electron chi connectivity index (χ4n) is 2.78. The zero-order valence-electron chi connectivity index (χ0n) is 12.2. The number of aldehydes is 1. The number of carbonyl (C=O) groups excluding carboxylic acids is 1. The van der Waals surface area contributed by atoms with Crippen LogP contribution in [0.4, 0.5) is 5.69 Å². The highest BCUT2D eigenvalue weighted by atomic mass is 16.1. The van der Waals surface area contributed by atoms with Crippen LogP contribution in [0, 0.1) is 17.2 Å². The van der Waals surface area contributed by atoms with Crippen molar-refractivity contribution >= 4 is 12.0 Å². The second kappa shape index (κ2) is 6.53. The van der Waals surface area contributed by atoms with Crippen molar-refractivity contribution in [2.75, 3.05) is 38.6 Å². The van der Waals surface area contributed by atoms with Crippen molar-refractivity contribution in [2.24, 2.45) is 5.92 Å². The summed E-state index contributed by atoms with van der Waals surface area (Å²) in [5.74, 6) is 0.675. The van der Waals surface area contributed by atoms with Gasteiger partial charge in [-0.2, -0.15) is 5.26 Å². The van der Waals surface area contributed by atoms with Gasteiger partial charge in [-0.1, -0.05) is 0 Å². The molecule has 2 rings (SSSR count). The molecule has 0 aromatic heterocycles. The first-order chi connectivity index (χ1) is 9.63. The largest absolute Gasteiger partial charge is 0.373 e. The van der Waals surface area contributed by atoms with Crippen molar-refractivity contribution in [1.29, 1.82) is 5.26 Å². The van der Waals surface area contributed by atoms with E-state index in [4.69, 9.17) is 0 Å². The molecule has 0 unspecified atom stereocenters. The summed E-state index contributed by atoms with van der Waals surface area (Å²) in [5.41, 5.74) is 2.04. The number of rotatable bonds is 4. The first-order valence-electron chi connectivity index (χ1n) is 7.03. The van der Waals surface area contributed by atoms with E-state index in [1.807, 2.05) is 13.1 Å². The van der Waals surface area contributed by atoms with Gasteiger partial charge in [0.2, 0.25) is 0 Å². The monoisotopic (exact) mass is 271 g/mol. The summed E-state index contributed by atoms with van der Waals surface area (Å²) in [7, 11) is 4.18. The van der Waals surface area contributed by atoms with Crippen LogP contribution >= 0.6 is 0 Å². The van der Waals surface area contributed by atoms with E-state index in [0.717, 1.165) is 31.6 Å². The normalized spacial score (nSPS) is 16.6. The molecule has 0 bridgehead atoms. The van der Waals surface area contributed by atoms with Crippen LogP contribution in [0.2, 0.25) is 0 Å². The number of nitrogens with zero attached hydrogens (tertiary/aromatic N) is 3. The fourth-order valence-corrected chi connectivity index (χ4v) is 2.78. The Labute approximate surface area is 120 Å². The van der Waals surface area contributed by atoms with Crippen LogP contribution in [0.15, 0.2) is 18.2 Å². The lowest BCUT2D eigenvalue weighted by Gasteiger charge is -2.32. The average Bonchev–Trinajstić information content (AvgIpc) is 2.48. The summed E-state index contributed by atoms with van der Waals surface area (Å²) >= 11 is 0. The molecule has 0 saturated carbocycles. The quantitative estimate of drug-likeness (QED) is 0.787. The third-order valence-corrected chi connectivity index (χ3v) is 4.06. The third kappa shape index (κ3) is 3.37. The van der Waals surface area contributed by atoms with Crippen molar-refractivity contribution in [1.82, 2.24) is 4.90 Å². The Bertz CT molecular complexity index is 513. The van der Waals surface area contributed by atoms with Crippen molar-refractivity contribution in [3.63, 3.8) is 0 Å². The minimum absolute atomic E-state index is 0.554. The predicted octanol–water partition coefficient (Wildman–Crippen LogP) is 2.15. The molecule has 0 aliphatic carbocycles. The van der Waals surface area contributed by atoms with E-state index in [2.05, 4.69) is 22.9 Å². The second-order valence-electron chi connectivity index (χ2n) is 5.63. The molecule has 1 aliphatic heterocycles. The van der Waals surface area contributed by atoms with E-state index in [0.29, 0.717) is 17.0 Å². The average molecular weight is 271 g/mol. The number of nitriles is 1. The molecular weight excluding hydrogens is 250 g/mol. The van der Waals surface area contributed by atoms with Crippen molar-refractivity contribution in [2.45, 2.75) is 12.8 Å². The van der Waals surface area contributed by atoms with Gasteiger partial charge in [-0.3, -0.25) is 4.79 Å². The molecule has 1 saturated heterocycles. The number of piperidine rings is 1. The van der Waals surface area contributed by atoms with Crippen LogP contribution in [0.3, 0.4) is 0 Å². The Balaban J connectivity index is 2.07. The second-order valence-corrected chi connectivity index (χ2v) is 5.63. The molecule has 0 N–H and O–H groups in total. The first kappa shape index (κ1) is 14.5. The van der Waals surface area contributed by atoms with Crippen molar-refractivity contribution in [3.8, 4) is 6.07 Å². The van der Waals surface area contributed by atoms with Crippen LogP contribution in [-0.2, 0) is 0 Å². The zero-order chi connectivity index (χ0) is 14.5. The molecule has 1 aliphatic rings. The molecular formula is C16H21N3O. The van der Waals surface area contributed by atoms with Crippen molar-refractivity contribution in [3.05, 3.63) is 29.3 Å². The number of anilines is 1. The van der Waals surface area contributed by atoms with Crippen LogP contribution in [-0.4, -0.2) is 44.9 Å². The maximum Gasteiger partial charge on any atom is 0.150 e. The lowest BCUT2D eigenvalue weighted by molar-refractivity contribution is 0.112. The van der Waals surface area contributed by atoms with Gasteiger partial charge in [0.25, 0.3) is 0 Å². The topological polar surface area (TPSA) is 47.3 Å². The van der Waals surface area contributed by atoms with Gasteiger partial charge in [0.1, 0.15) is 12.4 Å². The summed E-state index contributed by atoms with van der Waals surface area (Å²) < 4.78 is 0. The Morgan fingerprint density at radius 2 is 2.15 bits per heavy atom. The molecule has 0 spiro atoms. The number of carbonyl (C=O) groups is 1. The Hall–Kier alpha value is -1.86. The van der Waals surface area contributed by atoms with Crippen LogP contribution in [0.1, 0.15) is 28.8 Å². The summed E-state index contributed by atoms with van der Waals surface area (Å²) in [6.07, 6.45) is 3.19. The SMILES string of the molecule is CN1CCC(CN(C)c2ccc(C=O)cc2C#N)CC1. The van der Waals surface area contributed by atoms with E-state index in [1.54, 1.807) is 12.1 Å². The lowest BCUT2D eigenvalue weighted by atomic mass is 9.96. The van der Waals surface area contributed by atoms with E-state index in [9.17, 15) is 10.1 Å². The van der Waals surface area contributed by atoms with Gasteiger partial charge in [0, 0.05) is 19.2 Å². The molecule has 0 amide bonds. The third-order valence-electron chi connectivity index (χ3n) is 4.06. The first-order valence-corrected chi connectivity index (χ1v) is 7.03. The van der Waals surface area contributed by atoms with Gasteiger partial charge < -0.3 is 9.80 Å². The molecule has 0 atom stereocenters. The molecule has 0 radical (unpaired) electrons. The Morgan fingerprint density at radius 3 is 2.75 bits per heavy atom. The zero-order valence-corrected chi connectivity index (χ0v) is 12.2. The molecule has 1 aromatic carbocycles. The number of hydrogen-bond acceptors (Lipinski definition) is 4. The van der Waals surface area contributed by atoms with Gasteiger partial charge >= 0.3 is 0 Å². The van der Waals surface area contributed by atoms with E-state index >= 15 is 0 Å². The molecule has 4 heteroatoms. The van der Waals surface area contributed by atoms with E-state index < -0.39 is 0 Å². The maximum absolute atomic E-state index is 10.8. The fraction of sp³-hybridized carbons (Fsp3) is 0.500. The highest BCUT2D eigenvalue weighted by Gasteiger charge is 2.19. The standard InChI is InChI=1S/C16H21N3O/c1-18-7-5-13(6-8-18)11-19(2)16-4-3-14(12-20)9-15(16)10-17/h3-4,9,12-13H,5-8,11H2,1-2H3. The summed E-state index contributed by atoms with van der Waals surface area (Å²) in [6, 6.07) is 7.49. The summed E-state index contributed by atoms with van der Waals surface area (Å²) in [4.78, 5) is 15.3. The molecule has 1 fully saturated rings. The van der Waals surface area contributed by atoms with Crippen LogP contribution < -0.4 is 4.90 Å². The minimum Gasteiger partial charge on any atom is -0.373 e. The number of benzene rings is 1. The smallest absolute Gasteiger partial charge is 0.150 e. The van der Waals surface area contributed by atoms with Gasteiger partial charge in [-0.05, 0) is 57.1 Å². The van der Waals surface area contributed by atoms with Gasteiger partial charge in [-0.15, -0.1) is 0 Å². The Morgan fingerprint density at radius 1 is 1.45 bits per heavy atom. The predicted molar refractivity (Wildman–Crippen MR) is 80.0 cm³/mol. The molecule has 106 valence electrons. The van der Waals surface area contributed by atoms with Crippen molar-refractivity contribution < 1.29 is 4.79 Å².